The third-order valence-electron chi connectivity index (χ3n) is 7.39. The van der Waals surface area contributed by atoms with Gasteiger partial charge in [0.05, 0.1) is 5.52 Å². The molecule has 146 valence electrons. The van der Waals surface area contributed by atoms with E-state index in [2.05, 4.69) is 114 Å². The molecule has 1 aromatic heterocycles. The average molecular weight is 403 g/mol. The molecule has 0 atom stereocenters. The molecule has 5 aromatic carbocycles. The topological polar surface area (TPSA) is 4.93 Å². The first kappa shape index (κ1) is 16.6. The Balaban J connectivity index is 1.61. The number of aromatic nitrogens is 1. The van der Waals surface area contributed by atoms with E-state index in [-0.39, 0.29) is 6.71 Å². The minimum absolute atomic E-state index is 0.278. The highest BCUT2D eigenvalue weighted by Crippen LogP contribution is 2.38. The normalized spacial score (nSPS) is 12.9. The molecule has 0 fully saturated rings. The van der Waals surface area contributed by atoms with Crippen molar-refractivity contribution in [1.29, 1.82) is 0 Å². The molecular weight excluding hydrogens is 385 g/mol. The molecule has 0 amide bonds. The van der Waals surface area contributed by atoms with E-state index < -0.39 is 0 Å². The van der Waals surface area contributed by atoms with Crippen molar-refractivity contribution < 1.29 is 0 Å². The second kappa shape index (κ2) is 5.80. The van der Waals surface area contributed by atoms with Gasteiger partial charge in [0.2, 0.25) is 6.71 Å². The molecule has 0 aliphatic carbocycles. The lowest BCUT2D eigenvalue weighted by molar-refractivity contribution is 1.19. The Hall–Kier alpha value is -4.04. The second-order valence-electron chi connectivity index (χ2n) is 8.94. The van der Waals surface area contributed by atoms with Crippen LogP contribution in [0.4, 0.5) is 0 Å². The fourth-order valence-corrected chi connectivity index (χ4v) is 6.15. The van der Waals surface area contributed by atoms with Crippen LogP contribution < -0.4 is 16.4 Å². The van der Waals surface area contributed by atoms with Gasteiger partial charge in [0.1, 0.15) is 0 Å². The molecule has 0 unspecified atom stereocenters. The molecule has 0 spiro atoms. The van der Waals surface area contributed by atoms with Gasteiger partial charge in [-0.15, -0.1) is 0 Å². The Morgan fingerprint density at radius 1 is 0.531 bits per heavy atom. The SMILES string of the molecule is c1ccc(-c2cc3c4c(c2)c2ccccc2n4-c2cccc4c2B3c2ccccc2-4)cc1. The van der Waals surface area contributed by atoms with Crippen LogP contribution in [0.25, 0.3) is 49.7 Å². The summed E-state index contributed by atoms with van der Waals surface area (Å²) in [5.74, 6) is 0. The van der Waals surface area contributed by atoms with Crippen molar-refractivity contribution in [3.63, 3.8) is 0 Å². The molecule has 1 nitrogen and oxygen atoms in total. The van der Waals surface area contributed by atoms with Gasteiger partial charge in [-0.05, 0) is 51.4 Å². The summed E-state index contributed by atoms with van der Waals surface area (Å²) in [6.45, 7) is 0.278. The summed E-state index contributed by atoms with van der Waals surface area (Å²) >= 11 is 0. The van der Waals surface area contributed by atoms with E-state index in [0.29, 0.717) is 0 Å². The standard InChI is InChI=1S/C30H18BN/c1-2-9-19(10-3-1)20-17-24-22-12-5-7-15-27(22)32-28-16-8-13-23-21-11-4-6-14-25(21)31(29(23)28)26(18-20)30(24)32/h1-18H. The van der Waals surface area contributed by atoms with Crippen molar-refractivity contribution in [3.8, 4) is 27.9 Å². The van der Waals surface area contributed by atoms with Crippen molar-refractivity contribution in [2.24, 2.45) is 0 Å². The minimum atomic E-state index is 0.278. The zero-order valence-electron chi connectivity index (χ0n) is 17.4. The number of fused-ring (bicyclic) bond motifs is 8. The summed E-state index contributed by atoms with van der Waals surface area (Å²) in [5, 5.41) is 2.67. The van der Waals surface area contributed by atoms with Gasteiger partial charge in [-0.1, -0.05) is 96.5 Å². The van der Waals surface area contributed by atoms with Crippen molar-refractivity contribution in [3.05, 3.63) is 109 Å². The molecule has 2 heteroatoms. The number of hydrogen-bond donors (Lipinski definition) is 0. The highest BCUT2D eigenvalue weighted by atomic mass is 15.0. The third-order valence-corrected chi connectivity index (χ3v) is 7.39. The molecule has 0 saturated carbocycles. The number of hydrogen-bond acceptors (Lipinski definition) is 0. The quantitative estimate of drug-likeness (QED) is 0.330. The van der Waals surface area contributed by atoms with Crippen LogP contribution in [-0.2, 0) is 0 Å². The van der Waals surface area contributed by atoms with E-state index in [9.17, 15) is 0 Å². The molecule has 32 heavy (non-hydrogen) atoms. The van der Waals surface area contributed by atoms with Crippen molar-refractivity contribution in [2.75, 3.05) is 0 Å². The van der Waals surface area contributed by atoms with Gasteiger partial charge in [0, 0.05) is 22.0 Å². The summed E-state index contributed by atoms with van der Waals surface area (Å²) in [7, 11) is 0. The van der Waals surface area contributed by atoms with Crippen LogP contribution in [0.1, 0.15) is 0 Å². The number of benzene rings is 5. The molecule has 0 N–H and O–H groups in total. The lowest BCUT2D eigenvalue weighted by atomic mass is 9.37. The van der Waals surface area contributed by atoms with E-state index in [1.54, 1.807) is 0 Å². The fourth-order valence-electron chi connectivity index (χ4n) is 6.15. The Kier molecular flexibility index (Phi) is 3.02. The minimum Gasteiger partial charge on any atom is -0.310 e. The van der Waals surface area contributed by atoms with E-state index >= 15 is 0 Å². The maximum Gasteiger partial charge on any atom is 0.248 e. The fraction of sp³-hybridized carbons (Fsp3) is 0. The first-order chi connectivity index (χ1) is 15.9. The Labute approximate surface area is 186 Å². The predicted molar refractivity (Wildman–Crippen MR) is 136 cm³/mol. The molecule has 2 aliphatic rings. The number of para-hydroxylation sites is 1. The molecule has 0 radical (unpaired) electrons. The lowest BCUT2D eigenvalue weighted by Crippen LogP contribution is -2.53. The van der Waals surface area contributed by atoms with E-state index in [1.165, 1.54) is 66.1 Å². The molecule has 8 rings (SSSR count). The van der Waals surface area contributed by atoms with E-state index in [0.717, 1.165) is 0 Å². The molecular formula is C30H18BN. The maximum absolute atomic E-state index is 2.51. The van der Waals surface area contributed by atoms with Gasteiger partial charge in [0.25, 0.3) is 0 Å². The second-order valence-corrected chi connectivity index (χ2v) is 8.94. The van der Waals surface area contributed by atoms with Gasteiger partial charge in [0.15, 0.2) is 0 Å². The van der Waals surface area contributed by atoms with Crippen LogP contribution in [0.15, 0.2) is 109 Å². The van der Waals surface area contributed by atoms with Crippen LogP contribution in [0, 0.1) is 0 Å². The van der Waals surface area contributed by atoms with Crippen molar-refractivity contribution in [2.45, 2.75) is 0 Å². The van der Waals surface area contributed by atoms with Gasteiger partial charge in [-0.3, -0.25) is 0 Å². The zero-order valence-corrected chi connectivity index (χ0v) is 17.4. The molecule has 0 bridgehead atoms. The van der Waals surface area contributed by atoms with Crippen molar-refractivity contribution >= 4 is 44.9 Å². The lowest BCUT2D eigenvalue weighted by Gasteiger charge is -2.25. The van der Waals surface area contributed by atoms with Gasteiger partial charge < -0.3 is 4.57 Å². The zero-order chi connectivity index (χ0) is 20.8. The Bertz CT molecular complexity index is 1730. The van der Waals surface area contributed by atoms with Crippen molar-refractivity contribution in [1.82, 2.24) is 4.57 Å². The summed E-state index contributed by atoms with van der Waals surface area (Å²) in [6.07, 6.45) is 0. The van der Waals surface area contributed by atoms with Gasteiger partial charge in [-0.2, -0.15) is 0 Å². The van der Waals surface area contributed by atoms with Gasteiger partial charge >= 0.3 is 0 Å². The monoisotopic (exact) mass is 403 g/mol. The Morgan fingerprint density at radius 3 is 2.25 bits per heavy atom. The maximum atomic E-state index is 2.51. The highest BCUT2D eigenvalue weighted by molar-refractivity contribution is 7.01. The predicted octanol–water partition coefficient (Wildman–Crippen LogP) is 5.26. The third kappa shape index (κ3) is 1.91. The smallest absolute Gasteiger partial charge is 0.248 e. The van der Waals surface area contributed by atoms with Crippen LogP contribution in [0.5, 0.6) is 0 Å². The molecule has 2 aliphatic heterocycles. The van der Waals surface area contributed by atoms with Gasteiger partial charge in [-0.25, -0.2) is 0 Å². The highest BCUT2D eigenvalue weighted by Gasteiger charge is 2.40. The number of rotatable bonds is 1. The van der Waals surface area contributed by atoms with Crippen LogP contribution in [0.2, 0.25) is 0 Å². The van der Waals surface area contributed by atoms with Crippen LogP contribution in [-0.4, -0.2) is 11.3 Å². The van der Waals surface area contributed by atoms with Crippen LogP contribution >= 0.6 is 0 Å². The van der Waals surface area contributed by atoms with E-state index in [4.69, 9.17) is 0 Å². The van der Waals surface area contributed by atoms with E-state index in [1.807, 2.05) is 0 Å². The summed E-state index contributed by atoms with van der Waals surface area (Å²) in [5.41, 5.74) is 13.6. The largest absolute Gasteiger partial charge is 0.310 e. The average Bonchev–Trinajstić information content (AvgIpc) is 3.38. The summed E-state index contributed by atoms with van der Waals surface area (Å²) < 4.78 is 2.51. The first-order valence-electron chi connectivity index (χ1n) is 11.3. The molecule has 3 heterocycles. The summed E-state index contributed by atoms with van der Waals surface area (Å²) in [4.78, 5) is 0. The first-order valence-corrected chi connectivity index (χ1v) is 11.3. The Morgan fingerprint density at radius 2 is 1.31 bits per heavy atom. The number of nitrogens with zero attached hydrogens (tertiary/aromatic N) is 1. The summed E-state index contributed by atoms with van der Waals surface area (Å²) in [6, 6.07) is 40.3. The molecule has 6 aromatic rings. The molecule has 0 saturated heterocycles. The van der Waals surface area contributed by atoms with Crippen LogP contribution in [0.3, 0.4) is 0 Å².